The van der Waals surface area contributed by atoms with Crippen molar-refractivity contribution >= 4 is 27.5 Å². The molecular formula is C13H17BrN2O2. The largest absolute Gasteiger partial charge is 0.392 e. The van der Waals surface area contributed by atoms with Gasteiger partial charge in [-0.2, -0.15) is 0 Å². The highest BCUT2D eigenvalue weighted by Gasteiger charge is 2.31. The Balaban J connectivity index is 2.35. The quantitative estimate of drug-likeness (QED) is 0.892. The maximum absolute atomic E-state index is 11.9. The summed E-state index contributed by atoms with van der Waals surface area (Å²) in [6, 6.07) is 5.63. The van der Waals surface area contributed by atoms with Crippen molar-refractivity contribution in [3.63, 3.8) is 0 Å². The molecule has 0 aromatic heterocycles. The van der Waals surface area contributed by atoms with Crippen molar-refractivity contribution < 1.29 is 9.90 Å². The van der Waals surface area contributed by atoms with Crippen LogP contribution in [0.5, 0.6) is 0 Å². The minimum absolute atomic E-state index is 0.0143. The summed E-state index contributed by atoms with van der Waals surface area (Å²) in [6.45, 7) is 0.834. The first-order chi connectivity index (χ1) is 8.67. The van der Waals surface area contributed by atoms with Crippen molar-refractivity contribution in [2.45, 2.75) is 25.5 Å². The van der Waals surface area contributed by atoms with Crippen LogP contribution in [0.2, 0.25) is 0 Å². The molecule has 2 rings (SSSR count). The van der Waals surface area contributed by atoms with Crippen molar-refractivity contribution in [2.75, 3.05) is 18.5 Å². The molecule has 0 radical (unpaired) electrons. The molecule has 1 heterocycles. The lowest BCUT2D eigenvalue weighted by Gasteiger charge is -2.27. The van der Waals surface area contributed by atoms with E-state index in [-0.39, 0.29) is 18.6 Å². The molecule has 1 fully saturated rings. The highest BCUT2D eigenvalue weighted by Crippen LogP contribution is 2.31. The highest BCUT2D eigenvalue weighted by atomic mass is 79.9. The molecule has 0 aliphatic carbocycles. The van der Waals surface area contributed by atoms with E-state index in [0.29, 0.717) is 0 Å². The van der Waals surface area contributed by atoms with E-state index in [1.165, 1.54) is 0 Å². The molecule has 1 atom stereocenters. The normalized spacial score (nSPS) is 19.1. The number of benzene rings is 1. The topological polar surface area (TPSA) is 52.6 Å². The van der Waals surface area contributed by atoms with Crippen LogP contribution >= 0.6 is 15.9 Å². The van der Waals surface area contributed by atoms with E-state index < -0.39 is 0 Å². The molecule has 0 spiro atoms. The molecule has 1 aliphatic rings. The van der Waals surface area contributed by atoms with Crippen LogP contribution in [0.3, 0.4) is 0 Å². The van der Waals surface area contributed by atoms with E-state index in [2.05, 4.69) is 26.1 Å². The molecular weight excluding hydrogens is 296 g/mol. The number of nitrogens with one attached hydrogen (secondary N) is 1. The number of amides is 1. The molecule has 98 valence electrons. The number of aliphatic hydroxyl groups excluding tert-OH is 1. The summed E-state index contributed by atoms with van der Waals surface area (Å²) >= 11 is 3.44. The zero-order chi connectivity index (χ0) is 13.1. The molecule has 0 saturated carbocycles. The van der Waals surface area contributed by atoms with E-state index in [0.717, 1.165) is 35.1 Å². The third-order valence-corrected chi connectivity index (χ3v) is 3.82. The van der Waals surface area contributed by atoms with Gasteiger partial charge in [0.25, 0.3) is 0 Å². The van der Waals surface area contributed by atoms with Gasteiger partial charge in [-0.25, -0.2) is 0 Å². The van der Waals surface area contributed by atoms with Gasteiger partial charge in [0, 0.05) is 29.3 Å². The predicted octanol–water partition coefficient (Wildman–Crippen LogP) is 1.66. The lowest BCUT2D eigenvalue weighted by atomic mass is 10.1. The van der Waals surface area contributed by atoms with Gasteiger partial charge in [-0.15, -0.1) is 0 Å². The second-order valence-electron chi connectivity index (χ2n) is 4.40. The second kappa shape index (κ2) is 5.71. The number of hydrogen-bond acceptors (Lipinski definition) is 3. The van der Waals surface area contributed by atoms with Crippen LogP contribution in [0.25, 0.3) is 0 Å². The predicted molar refractivity (Wildman–Crippen MR) is 74.5 cm³/mol. The fourth-order valence-electron chi connectivity index (χ4n) is 2.43. The Labute approximate surface area is 115 Å². The fourth-order valence-corrected chi connectivity index (χ4v) is 2.78. The van der Waals surface area contributed by atoms with E-state index in [4.69, 9.17) is 0 Å². The Kier molecular flexibility index (Phi) is 4.24. The van der Waals surface area contributed by atoms with Crippen molar-refractivity contribution in [2.24, 2.45) is 0 Å². The molecule has 1 amide bonds. The third kappa shape index (κ3) is 2.52. The molecule has 0 bridgehead atoms. The van der Waals surface area contributed by atoms with Crippen molar-refractivity contribution in [3.05, 3.63) is 28.2 Å². The Bertz CT molecular complexity index is 451. The van der Waals surface area contributed by atoms with Crippen molar-refractivity contribution in [3.8, 4) is 0 Å². The van der Waals surface area contributed by atoms with Gasteiger partial charge in [-0.05, 0) is 25.0 Å². The Hall–Kier alpha value is -1.07. The number of rotatable bonds is 3. The minimum Gasteiger partial charge on any atom is -0.392 e. The fraction of sp³-hybridized carbons (Fsp3) is 0.462. The monoisotopic (exact) mass is 312 g/mol. The zero-order valence-electron chi connectivity index (χ0n) is 10.3. The smallest absolute Gasteiger partial charge is 0.242 e. The summed E-state index contributed by atoms with van der Waals surface area (Å²) in [7, 11) is 1.66. The molecule has 1 unspecified atom stereocenters. The Morgan fingerprint density at radius 3 is 3.06 bits per heavy atom. The minimum atomic E-state index is -0.130. The van der Waals surface area contributed by atoms with Gasteiger partial charge in [-0.3, -0.25) is 4.79 Å². The van der Waals surface area contributed by atoms with E-state index in [1.54, 1.807) is 7.05 Å². The van der Waals surface area contributed by atoms with Crippen molar-refractivity contribution in [1.29, 1.82) is 0 Å². The van der Waals surface area contributed by atoms with Crippen LogP contribution in [-0.4, -0.2) is 30.6 Å². The Morgan fingerprint density at radius 1 is 1.61 bits per heavy atom. The molecule has 1 saturated heterocycles. The molecule has 1 aromatic carbocycles. The van der Waals surface area contributed by atoms with E-state index in [1.807, 2.05) is 18.2 Å². The van der Waals surface area contributed by atoms with Gasteiger partial charge in [0.2, 0.25) is 5.91 Å². The number of nitrogens with zero attached hydrogens (tertiary/aromatic N) is 1. The lowest BCUT2D eigenvalue weighted by molar-refractivity contribution is -0.121. The molecule has 4 nitrogen and oxygen atoms in total. The van der Waals surface area contributed by atoms with Gasteiger partial charge < -0.3 is 15.3 Å². The van der Waals surface area contributed by atoms with E-state index in [9.17, 15) is 9.90 Å². The molecule has 2 N–H and O–H groups in total. The van der Waals surface area contributed by atoms with Gasteiger partial charge >= 0.3 is 0 Å². The summed E-state index contributed by atoms with van der Waals surface area (Å²) in [5, 5.41) is 12.1. The average molecular weight is 313 g/mol. The number of carbonyl (C=O) groups excluding carboxylic acids is 1. The van der Waals surface area contributed by atoms with E-state index >= 15 is 0 Å². The molecule has 18 heavy (non-hydrogen) atoms. The van der Waals surface area contributed by atoms with Crippen LogP contribution in [0.1, 0.15) is 18.4 Å². The summed E-state index contributed by atoms with van der Waals surface area (Å²) in [5.41, 5.74) is 1.80. The van der Waals surface area contributed by atoms with Crippen LogP contribution in [0, 0.1) is 0 Å². The summed E-state index contributed by atoms with van der Waals surface area (Å²) < 4.78 is 0.956. The van der Waals surface area contributed by atoms with Gasteiger partial charge in [0.15, 0.2) is 0 Å². The van der Waals surface area contributed by atoms with Crippen LogP contribution < -0.4 is 10.2 Å². The summed E-state index contributed by atoms with van der Waals surface area (Å²) in [4.78, 5) is 13.9. The first-order valence-corrected chi connectivity index (χ1v) is 6.84. The van der Waals surface area contributed by atoms with Gasteiger partial charge in [0.1, 0.15) is 6.04 Å². The number of carbonyl (C=O) groups is 1. The number of halogens is 1. The highest BCUT2D eigenvalue weighted by molar-refractivity contribution is 9.10. The van der Waals surface area contributed by atoms with Gasteiger partial charge in [0.05, 0.1) is 6.61 Å². The summed E-state index contributed by atoms with van der Waals surface area (Å²) in [6.07, 6.45) is 1.85. The lowest BCUT2D eigenvalue weighted by Crippen LogP contribution is -2.42. The Morgan fingerprint density at radius 2 is 2.39 bits per heavy atom. The second-order valence-corrected chi connectivity index (χ2v) is 5.31. The average Bonchev–Trinajstić information content (AvgIpc) is 2.86. The van der Waals surface area contributed by atoms with Crippen LogP contribution in [0.15, 0.2) is 22.7 Å². The SMILES string of the molecule is CNC(=O)C1CCCN1c1cc(Br)ccc1CO. The standard InChI is InChI=1S/C13H17BrN2O2/c1-15-13(18)11-3-2-6-16(11)12-7-10(14)5-4-9(12)8-17/h4-5,7,11,17H,2-3,6,8H2,1H3,(H,15,18). The molecule has 5 heteroatoms. The van der Waals surface area contributed by atoms with Gasteiger partial charge in [-0.1, -0.05) is 22.0 Å². The van der Waals surface area contributed by atoms with Crippen molar-refractivity contribution in [1.82, 2.24) is 5.32 Å². The van der Waals surface area contributed by atoms with Crippen LogP contribution in [0.4, 0.5) is 5.69 Å². The van der Waals surface area contributed by atoms with Crippen LogP contribution in [-0.2, 0) is 11.4 Å². The first kappa shape index (κ1) is 13.4. The maximum atomic E-state index is 11.9. The maximum Gasteiger partial charge on any atom is 0.242 e. The number of likely N-dealkylation sites (N-methyl/N-ethyl adjacent to an activating group) is 1. The number of anilines is 1. The first-order valence-electron chi connectivity index (χ1n) is 6.05. The zero-order valence-corrected chi connectivity index (χ0v) is 11.9. The number of hydrogen-bond donors (Lipinski definition) is 2. The third-order valence-electron chi connectivity index (χ3n) is 3.33. The molecule has 1 aliphatic heterocycles. The summed E-state index contributed by atoms with van der Waals surface area (Å²) in [5.74, 6) is 0.0383. The molecule has 1 aromatic rings. The number of aliphatic hydroxyl groups is 1.